The zero-order valence-electron chi connectivity index (χ0n) is 17.1. The number of hydrogen-bond acceptors (Lipinski definition) is 4. The second-order valence-electron chi connectivity index (χ2n) is 6.58. The van der Waals surface area contributed by atoms with Gasteiger partial charge in [0.2, 0.25) is 0 Å². The SMILES string of the molecule is CCOc1cc(CNCc2cccnc2)cc(Cl)c1OCc1ccc(C)cc1.Cl.Cl. The second-order valence-corrected chi connectivity index (χ2v) is 6.98. The minimum atomic E-state index is 0. The molecule has 30 heavy (non-hydrogen) atoms. The van der Waals surface area contributed by atoms with E-state index in [-0.39, 0.29) is 24.8 Å². The maximum atomic E-state index is 6.51. The van der Waals surface area contributed by atoms with Crippen LogP contribution < -0.4 is 14.8 Å². The molecule has 1 N–H and O–H groups in total. The summed E-state index contributed by atoms with van der Waals surface area (Å²) in [5.74, 6) is 1.25. The van der Waals surface area contributed by atoms with Crippen LogP contribution >= 0.6 is 36.4 Å². The summed E-state index contributed by atoms with van der Waals surface area (Å²) in [4.78, 5) is 4.13. The highest BCUT2D eigenvalue weighted by atomic mass is 35.5. The first-order valence-electron chi connectivity index (χ1n) is 9.39. The van der Waals surface area contributed by atoms with E-state index in [0.29, 0.717) is 36.3 Å². The van der Waals surface area contributed by atoms with Gasteiger partial charge in [-0.3, -0.25) is 4.98 Å². The van der Waals surface area contributed by atoms with Crippen LogP contribution in [0.25, 0.3) is 0 Å². The summed E-state index contributed by atoms with van der Waals surface area (Å²) in [7, 11) is 0. The molecule has 0 amide bonds. The first-order valence-corrected chi connectivity index (χ1v) is 9.76. The molecule has 162 valence electrons. The van der Waals surface area contributed by atoms with Gasteiger partial charge in [0.15, 0.2) is 11.5 Å². The van der Waals surface area contributed by atoms with E-state index >= 15 is 0 Å². The number of benzene rings is 2. The molecule has 0 saturated heterocycles. The largest absolute Gasteiger partial charge is 0.490 e. The Morgan fingerprint density at radius 1 is 0.933 bits per heavy atom. The number of rotatable bonds is 9. The highest BCUT2D eigenvalue weighted by Gasteiger charge is 2.13. The van der Waals surface area contributed by atoms with Crippen LogP contribution in [0.4, 0.5) is 0 Å². The fourth-order valence-electron chi connectivity index (χ4n) is 2.82. The van der Waals surface area contributed by atoms with Crippen molar-refractivity contribution >= 4 is 36.4 Å². The molecule has 0 atom stereocenters. The van der Waals surface area contributed by atoms with Gasteiger partial charge in [-0.15, -0.1) is 24.8 Å². The van der Waals surface area contributed by atoms with Gasteiger partial charge >= 0.3 is 0 Å². The zero-order valence-corrected chi connectivity index (χ0v) is 19.4. The predicted octanol–water partition coefficient (Wildman–Crippen LogP) is 6.15. The molecule has 0 fully saturated rings. The minimum Gasteiger partial charge on any atom is -0.490 e. The number of ether oxygens (including phenoxy) is 2. The molecule has 3 rings (SSSR count). The maximum Gasteiger partial charge on any atom is 0.180 e. The summed E-state index contributed by atoms with van der Waals surface area (Å²) in [5, 5.41) is 3.95. The lowest BCUT2D eigenvalue weighted by Gasteiger charge is -2.16. The van der Waals surface area contributed by atoms with Crippen LogP contribution in [0.3, 0.4) is 0 Å². The van der Waals surface area contributed by atoms with Crippen molar-refractivity contribution in [3.05, 3.63) is 88.2 Å². The highest BCUT2D eigenvalue weighted by Crippen LogP contribution is 2.37. The fourth-order valence-corrected chi connectivity index (χ4v) is 3.11. The Labute approximate surface area is 195 Å². The van der Waals surface area contributed by atoms with Gasteiger partial charge < -0.3 is 14.8 Å². The number of aromatic nitrogens is 1. The van der Waals surface area contributed by atoms with Crippen LogP contribution in [-0.4, -0.2) is 11.6 Å². The average molecular weight is 470 g/mol. The summed E-state index contributed by atoms with van der Waals surface area (Å²) >= 11 is 6.51. The van der Waals surface area contributed by atoms with E-state index in [9.17, 15) is 0 Å². The second kappa shape index (κ2) is 13.3. The molecule has 1 heterocycles. The fraction of sp³-hybridized carbons (Fsp3) is 0.261. The number of halogens is 3. The molecule has 0 saturated carbocycles. The topological polar surface area (TPSA) is 43.4 Å². The quantitative estimate of drug-likeness (QED) is 0.408. The molecule has 1 aromatic heterocycles. The van der Waals surface area contributed by atoms with Gasteiger partial charge in [-0.05, 0) is 48.7 Å². The van der Waals surface area contributed by atoms with Crippen LogP contribution in [-0.2, 0) is 19.7 Å². The van der Waals surface area contributed by atoms with Crippen LogP contribution in [0, 0.1) is 6.92 Å². The van der Waals surface area contributed by atoms with E-state index in [1.165, 1.54) is 5.56 Å². The summed E-state index contributed by atoms with van der Waals surface area (Å²) in [6, 6.07) is 16.1. The Morgan fingerprint density at radius 3 is 2.33 bits per heavy atom. The molecule has 4 nitrogen and oxygen atoms in total. The Kier molecular flexibility index (Phi) is 11.6. The summed E-state index contributed by atoms with van der Waals surface area (Å²) in [6.07, 6.45) is 3.63. The van der Waals surface area contributed by atoms with Gasteiger partial charge in [-0.1, -0.05) is 47.5 Å². The molecule has 0 aliphatic rings. The number of pyridine rings is 1. The number of nitrogens with one attached hydrogen (secondary N) is 1. The molecule has 0 aliphatic carbocycles. The predicted molar refractivity (Wildman–Crippen MR) is 127 cm³/mol. The number of hydrogen-bond donors (Lipinski definition) is 1. The molecule has 0 unspecified atom stereocenters. The van der Waals surface area contributed by atoms with Gasteiger partial charge in [-0.25, -0.2) is 0 Å². The van der Waals surface area contributed by atoms with E-state index in [4.69, 9.17) is 21.1 Å². The van der Waals surface area contributed by atoms with Crippen molar-refractivity contribution in [1.29, 1.82) is 0 Å². The molecular formula is C23H27Cl3N2O2. The average Bonchev–Trinajstić information content (AvgIpc) is 2.70. The van der Waals surface area contributed by atoms with Crippen molar-refractivity contribution in [3.8, 4) is 11.5 Å². The molecule has 0 bridgehead atoms. The lowest BCUT2D eigenvalue weighted by Crippen LogP contribution is -2.13. The molecule has 3 aromatic rings. The van der Waals surface area contributed by atoms with Crippen LogP contribution in [0.5, 0.6) is 11.5 Å². The molecule has 2 aromatic carbocycles. The smallest absolute Gasteiger partial charge is 0.180 e. The van der Waals surface area contributed by atoms with E-state index in [1.54, 1.807) is 6.20 Å². The molecule has 0 radical (unpaired) electrons. The van der Waals surface area contributed by atoms with E-state index in [0.717, 1.165) is 23.2 Å². The van der Waals surface area contributed by atoms with Gasteiger partial charge in [-0.2, -0.15) is 0 Å². The Morgan fingerprint density at radius 2 is 1.67 bits per heavy atom. The van der Waals surface area contributed by atoms with Crippen molar-refractivity contribution in [1.82, 2.24) is 10.3 Å². The van der Waals surface area contributed by atoms with E-state index < -0.39 is 0 Å². The van der Waals surface area contributed by atoms with Gasteiger partial charge in [0.25, 0.3) is 0 Å². The van der Waals surface area contributed by atoms with Gasteiger partial charge in [0, 0.05) is 25.5 Å². The normalized spacial score (nSPS) is 9.97. The van der Waals surface area contributed by atoms with Crippen molar-refractivity contribution in [3.63, 3.8) is 0 Å². The van der Waals surface area contributed by atoms with Crippen LogP contribution in [0.2, 0.25) is 5.02 Å². The summed E-state index contributed by atoms with van der Waals surface area (Å²) < 4.78 is 11.8. The van der Waals surface area contributed by atoms with E-state index in [1.807, 2.05) is 37.4 Å². The molecule has 0 spiro atoms. The first kappa shape index (κ1) is 26.1. The standard InChI is InChI=1S/C23H25ClN2O2.2ClH/c1-3-27-22-12-20(15-26-14-19-5-4-10-25-13-19)11-21(24)23(22)28-16-18-8-6-17(2)7-9-18;;/h4-13,26H,3,14-16H2,1-2H3;2*1H. The van der Waals surface area contributed by atoms with Crippen LogP contribution in [0.1, 0.15) is 29.2 Å². The van der Waals surface area contributed by atoms with Crippen LogP contribution in [0.15, 0.2) is 60.9 Å². The van der Waals surface area contributed by atoms with Crippen molar-refractivity contribution < 1.29 is 9.47 Å². The molecular weight excluding hydrogens is 443 g/mol. The van der Waals surface area contributed by atoms with E-state index in [2.05, 4.69) is 41.5 Å². The summed E-state index contributed by atoms with van der Waals surface area (Å²) in [6.45, 7) is 6.41. The third-order valence-corrected chi connectivity index (χ3v) is 4.53. The first-order chi connectivity index (χ1) is 13.7. The molecule has 7 heteroatoms. The van der Waals surface area contributed by atoms with Crippen molar-refractivity contribution in [2.45, 2.75) is 33.5 Å². The van der Waals surface area contributed by atoms with Crippen molar-refractivity contribution in [2.75, 3.05) is 6.61 Å². The lowest BCUT2D eigenvalue weighted by atomic mass is 10.1. The summed E-state index contributed by atoms with van der Waals surface area (Å²) in [5.41, 5.74) is 4.49. The Bertz CT molecular complexity index is 891. The number of nitrogens with zero attached hydrogens (tertiary/aromatic N) is 1. The molecule has 0 aliphatic heterocycles. The van der Waals surface area contributed by atoms with Gasteiger partial charge in [0.1, 0.15) is 6.61 Å². The van der Waals surface area contributed by atoms with Gasteiger partial charge in [0.05, 0.1) is 11.6 Å². The zero-order chi connectivity index (χ0) is 19.8. The third-order valence-electron chi connectivity index (χ3n) is 4.25. The monoisotopic (exact) mass is 468 g/mol. The Hall–Kier alpha value is -1.98. The third kappa shape index (κ3) is 7.69. The highest BCUT2D eigenvalue weighted by molar-refractivity contribution is 6.32. The Balaban J connectivity index is 0.00000225. The minimum absolute atomic E-state index is 0. The maximum absolute atomic E-state index is 6.51. The lowest BCUT2D eigenvalue weighted by molar-refractivity contribution is 0.269. The number of aryl methyl sites for hydroxylation is 1. The van der Waals surface area contributed by atoms with Crippen molar-refractivity contribution in [2.24, 2.45) is 0 Å².